The molecule has 0 saturated heterocycles. The minimum atomic E-state index is -1.03. The van der Waals surface area contributed by atoms with Crippen LogP contribution in [0.1, 0.15) is 44.9 Å². The van der Waals surface area contributed by atoms with Crippen LogP contribution in [0.5, 0.6) is 11.5 Å². The van der Waals surface area contributed by atoms with E-state index in [2.05, 4.69) is 10.4 Å². The van der Waals surface area contributed by atoms with Crippen molar-refractivity contribution in [3.63, 3.8) is 0 Å². The lowest BCUT2D eigenvalue weighted by atomic mass is 10.1. The SMILES string of the molecule is CC(C)Oc1cc(OC(C)C)cc(C(Nc2ccc(C=NNO)cc2)C(=O)O)c1. The maximum absolute atomic E-state index is 12.0. The zero-order chi connectivity index (χ0) is 21.4. The Hall–Kier alpha value is -3.26. The standard InChI is InChI=1S/C21H27N3O5/c1-13(2)28-18-9-16(10-19(11-18)29-14(3)4)20(21(25)26)23-17-7-5-15(6-8-17)12-22-24-27/h5-14,20,23-24,27H,1-4H3,(H,25,26). The van der Waals surface area contributed by atoms with Crippen molar-refractivity contribution in [1.29, 1.82) is 0 Å². The Labute approximate surface area is 170 Å². The van der Waals surface area contributed by atoms with E-state index in [1.807, 2.05) is 27.7 Å². The van der Waals surface area contributed by atoms with Crippen molar-refractivity contribution in [2.75, 3.05) is 5.32 Å². The number of benzene rings is 2. The molecule has 0 aliphatic heterocycles. The summed E-state index contributed by atoms with van der Waals surface area (Å²) < 4.78 is 11.5. The topological polar surface area (TPSA) is 112 Å². The van der Waals surface area contributed by atoms with Crippen LogP contribution in [0.25, 0.3) is 0 Å². The molecule has 0 amide bonds. The van der Waals surface area contributed by atoms with Crippen molar-refractivity contribution in [3.05, 3.63) is 53.6 Å². The van der Waals surface area contributed by atoms with Gasteiger partial charge in [-0.15, -0.1) is 0 Å². The Morgan fingerprint density at radius 3 is 2.00 bits per heavy atom. The summed E-state index contributed by atoms with van der Waals surface area (Å²) in [6, 6.07) is 11.1. The van der Waals surface area contributed by atoms with Crippen LogP contribution in [0.4, 0.5) is 5.69 Å². The van der Waals surface area contributed by atoms with Gasteiger partial charge in [-0.2, -0.15) is 10.7 Å². The Morgan fingerprint density at radius 1 is 1.00 bits per heavy atom. The Kier molecular flexibility index (Phi) is 7.85. The molecular weight excluding hydrogens is 374 g/mol. The monoisotopic (exact) mass is 401 g/mol. The van der Waals surface area contributed by atoms with E-state index in [-0.39, 0.29) is 12.2 Å². The van der Waals surface area contributed by atoms with Gasteiger partial charge in [-0.05, 0) is 63.1 Å². The highest BCUT2D eigenvalue weighted by molar-refractivity contribution is 5.82. The fourth-order valence-electron chi connectivity index (χ4n) is 2.66. The third kappa shape index (κ3) is 7.00. The smallest absolute Gasteiger partial charge is 0.330 e. The van der Waals surface area contributed by atoms with Crippen LogP contribution in [0.3, 0.4) is 0 Å². The summed E-state index contributed by atoms with van der Waals surface area (Å²) in [4.78, 5) is 12.0. The number of anilines is 1. The van der Waals surface area contributed by atoms with E-state index in [1.54, 1.807) is 48.1 Å². The van der Waals surface area contributed by atoms with Crippen molar-refractivity contribution >= 4 is 17.9 Å². The fourth-order valence-corrected chi connectivity index (χ4v) is 2.66. The molecule has 0 fully saturated rings. The molecule has 0 aromatic heterocycles. The van der Waals surface area contributed by atoms with Gasteiger partial charge < -0.3 is 19.9 Å². The molecule has 0 saturated carbocycles. The number of carbonyl (C=O) groups is 1. The van der Waals surface area contributed by atoms with Gasteiger partial charge in [0.25, 0.3) is 0 Å². The van der Waals surface area contributed by atoms with E-state index in [1.165, 1.54) is 6.21 Å². The predicted molar refractivity (Wildman–Crippen MR) is 111 cm³/mol. The maximum Gasteiger partial charge on any atom is 0.330 e. The molecule has 1 atom stereocenters. The number of hydrogen-bond donors (Lipinski definition) is 4. The van der Waals surface area contributed by atoms with Gasteiger partial charge in [-0.25, -0.2) is 4.79 Å². The number of hydrazone groups is 1. The molecule has 2 aromatic carbocycles. The van der Waals surface area contributed by atoms with Crippen LogP contribution < -0.4 is 20.4 Å². The molecule has 4 N–H and O–H groups in total. The highest BCUT2D eigenvalue weighted by Gasteiger charge is 2.22. The highest BCUT2D eigenvalue weighted by Crippen LogP contribution is 2.30. The average molecular weight is 401 g/mol. The van der Waals surface area contributed by atoms with E-state index in [0.29, 0.717) is 22.7 Å². The van der Waals surface area contributed by atoms with Crippen LogP contribution in [0.2, 0.25) is 0 Å². The summed E-state index contributed by atoms with van der Waals surface area (Å²) in [5, 5.41) is 24.8. The summed E-state index contributed by atoms with van der Waals surface area (Å²) in [5.74, 6) is 0.0610. The molecule has 1 unspecified atom stereocenters. The second kappa shape index (κ2) is 10.3. The first-order chi connectivity index (χ1) is 13.8. The molecule has 0 radical (unpaired) electrons. The second-order valence-corrected chi connectivity index (χ2v) is 6.97. The first kappa shape index (κ1) is 22.0. The summed E-state index contributed by atoms with van der Waals surface area (Å²) in [6.45, 7) is 7.61. The van der Waals surface area contributed by atoms with Crippen LogP contribution in [0, 0.1) is 0 Å². The van der Waals surface area contributed by atoms with Crippen LogP contribution >= 0.6 is 0 Å². The molecule has 2 aromatic rings. The number of carboxylic acid groups (broad SMARTS) is 1. The van der Waals surface area contributed by atoms with Gasteiger partial charge in [0.05, 0.1) is 18.4 Å². The molecule has 29 heavy (non-hydrogen) atoms. The minimum absolute atomic E-state index is 0.0593. The quantitative estimate of drug-likeness (QED) is 0.354. The average Bonchev–Trinajstić information content (AvgIpc) is 2.63. The normalized spacial score (nSPS) is 12.2. The molecule has 2 rings (SSSR count). The first-order valence-corrected chi connectivity index (χ1v) is 9.28. The third-order valence-corrected chi connectivity index (χ3v) is 3.72. The lowest BCUT2D eigenvalue weighted by molar-refractivity contribution is -0.138. The molecule has 8 heteroatoms. The Bertz CT molecular complexity index is 806. The van der Waals surface area contributed by atoms with Gasteiger partial charge in [0.1, 0.15) is 11.5 Å². The molecule has 0 aliphatic rings. The zero-order valence-electron chi connectivity index (χ0n) is 16.9. The van der Waals surface area contributed by atoms with Crippen LogP contribution in [0.15, 0.2) is 47.6 Å². The lowest BCUT2D eigenvalue weighted by Gasteiger charge is -2.20. The van der Waals surface area contributed by atoms with E-state index in [4.69, 9.17) is 14.7 Å². The predicted octanol–water partition coefficient (Wildman–Crippen LogP) is 3.81. The molecule has 0 aliphatic carbocycles. The van der Waals surface area contributed by atoms with Gasteiger partial charge >= 0.3 is 5.97 Å². The first-order valence-electron chi connectivity index (χ1n) is 9.28. The maximum atomic E-state index is 12.0. The Balaban J connectivity index is 2.33. The molecule has 156 valence electrons. The van der Waals surface area contributed by atoms with E-state index in [9.17, 15) is 9.90 Å². The number of aliphatic carboxylic acids is 1. The van der Waals surface area contributed by atoms with Crippen molar-refractivity contribution in [1.82, 2.24) is 5.59 Å². The van der Waals surface area contributed by atoms with Crippen molar-refractivity contribution in [3.8, 4) is 11.5 Å². The summed E-state index contributed by atoms with van der Waals surface area (Å²) in [5.41, 5.74) is 3.56. The summed E-state index contributed by atoms with van der Waals surface area (Å²) in [6.07, 6.45) is 1.31. The number of ether oxygens (including phenoxy) is 2. The highest BCUT2D eigenvalue weighted by atomic mass is 16.5. The van der Waals surface area contributed by atoms with Crippen molar-refractivity contribution < 1.29 is 24.6 Å². The summed E-state index contributed by atoms with van der Waals surface area (Å²) in [7, 11) is 0. The van der Waals surface area contributed by atoms with Crippen molar-refractivity contribution in [2.24, 2.45) is 5.10 Å². The van der Waals surface area contributed by atoms with Gasteiger partial charge in [0.15, 0.2) is 6.04 Å². The molecule has 8 nitrogen and oxygen atoms in total. The third-order valence-electron chi connectivity index (χ3n) is 3.72. The fraction of sp³-hybridized carbons (Fsp3) is 0.333. The summed E-state index contributed by atoms with van der Waals surface area (Å²) >= 11 is 0. The number of carboxylic acids is 1. The van der Waals surface area contributed by atoms with Gasteiger partial charge in [-0.1, -0.05) is 12.1 Å². The molecule has 0 bridgehead atoms. The van der Waals surface area contributed by atoms with Crippen molar-refractivity contribution in [2.45, 2.75) is 45.9 Å². The van der Waals surface area contributed by atoms with Gasteiger partial charge in [0.2, 0.25) is 0 Å². The van der Waals surface area contributed by atoms with Crippen LogP contribution in [-0.2, 0) is 4.79 Å². The van der Waals surface area contributed by atoms with E-state index in [0.717, 1.165) is 5.56 Å². The molecular formula is C21H27N3O5. The zero-order valence-corrected chi connectivity index (χ0v) is 16.9. The Morgan fingerprint density at radius 2 is 1.55 bits per heavy atom. The van der Waals surface area contributed by atoms with E-state index >= 15 is 0 Å². The van der Waals surface area contributed by atoms with E-state index < -0.39 is 12.0 Å². The number of rotatable bonds is 10. The second-order valence-electron chi connectivity index (χ2n) is 6.97. The number of nitrogens with one attached hydrogen (secondary N) is 2. The molecule has 0 spiro atoms. The number of nitrogens with zero attached hydrogens (tertiary/aromatic N) is 1. The van der Waals surface area contributed by atoms with Gasteiger partial charge in [0, 0.05) is 11.8 Å². The van der Waals surface area contributed by atoms with Gasteiger partial charge in [-0.3, -0.25) is 5.21 Å². The molecule has 0 heterocycles. The lowest BCUT2D eigenvalue weighted by Crippen LogP contribution is -2.21. The van der Waals surface area contributed by atoms with Crippen LogP contribution in [-0.4, -0.2) is 34.7 Å². The number of hydrogen-bond acceptors (Lipinski definition) is 7. The minimum Gasteiger partial charge on any atom is -0.491 e. The largest absolute Gasteiger partial charge is 0.491 e.